The third-order valence-electron chi connectivity index (χ3n) is 4.59. The number of benzene rings is 1. The Balaban J connectivity index is 1.98. The monoisotopic (exact) mass is 342 g/mol. The zero-order valence-electron chi connectivity index (χ0n) is 14.1. The minimum absolute atomic E-state index is 0.192. The van der Waals surface area contributed by atoms with E-state index in [4.69, 9.17) is 11.6 Å². The molecule has 1 aromatic rings. The highest BCUT2D eigenvalue weighted by Crippen LogP contribution is 2.23. The molecule has 1 fully saturated rings. The lowest BCUT2D eigenvalue weighted by Gasteiger charge is -2.42. The van der Waals surface area contributed by atoms with Gasteiger partial charge in [0.2, 0.25) is 0 Å². The molecule has 0 radical (unpaired) electrons. The highest BCUT2D eigenvalue weighted by atomic mass is 35.5. The molecule has 1 saturated heterocycles. The van der Waals surface area contributed by atoms with Crippen molar-refractivity contribution in [3.63, 3.8) is 0 Å². The first-order chi connectivity index (χ1) is 11.0. The van der Waals surface area contributed by atoms with Crippen LogP contribution in [0.1, 0.15) is 32.3 Å². The zero-order valence-corrected chi connectivity index (χ0v) is 14.9. The molecule has 0 aliphatic carbocycles. The van der Waals surface area contributed by atoms with Crippen molar-refractivity contribution in [2.75, 3.05) is 32.8 Å². The topological polar surface area (TPSA) is 26.7 Å². The van der Waals surface area contributed by atoms with E-state index >= 15 is 0 Å². The molecule has 1 atom stereocenters. The number of piperazine rings is 1. The van der Waals surface area contributed by atoms with Crippen molar-refractivity contribution in [2.45, 2.75) is 39.3 Å². The van der Waals surface area contributed by atoms with Crippen LogP contribution in [-0.4, -0.2) is 53.7 Å². The van der Waals surface area contributed by atoms with Gasteiger partial charge in [0.25, 0.3) is 0 Å². The Kier molecular flexibility index (Phi) is 7.28. The van der Waals surface area contributed by atoms with Crippen LogP contribution in [0.2, 0.25) is 5.02 Å². The summed E-state index contributed by atoms with van der Waals surface area (Å²) >= 11 is 6.14. The Morgan fingerprint density at radius 2 is 2.13 bits per heavy atom. The van der Waals surface area contributed by atoms with Gasteiger partial charge in [0, 0.05) is 49.4 Å². The number of hydrogen-bond donors (Lipinski definition) is 1. The third kappa shape index (κ3) is 5.42. The maximum absolute atomic E-state index is 14.0. The SMILES string of the molecule is CC(C)CCN1CCN(Cc2c(F)cccc2Cl)C[C@@H]1CCO. The van der Waals surface area contributed by atoms with Gasteiger partial charge in [-0.05, 0) is 37.4 Å². The van der Waals surface area contributed by atoms with Crippen molar-refractivity contribution in [2.24, 2.45) is 5.92 Å². The number of hydrogen-bond acceptors (Lipinski definition) is 3. The number of aliphatic hydroxyl groups is 1. The van der Waals surface area contributed by atoms with Gasteiger partial charge < -0.3 is 5.11 Å². The standard InChI is InChI=1S/C18H28ClFN2O/c1-14(2)6-8-22-10-9-21(12-15(22)7-11-23)13-16-17(19)4-3-5-18(16)20/h3-5,14-15,23H,6-13H2,1-2H3/t15-/m0/s1. The maximum Gasteiger partial charge on any atom is 0.129 e. The van der Waals surface area contributed by atoms with Crippen LogP contribution < -0.4 is 0 Å². The predicted octanol–water partition coefficient (Wildman–Crippen LogP) is 3.39. The molecule has 0 bridgehead atoms. The van der Waals surface area contributed by atoms with Crippen LogP contribution in [0.4, 0.5) is 4.39 Å². The Labute approximate surface area is 144 Å². The molecule has 0 saturated carbocycles. The van der Waals surface area contributed by atoms with E-state index in [2.05, 4.69) is 23.6 Å². The molecule has 0 aromatic heterocycles. The smallest absolute Gasteiger partial charge is 0.129 e. The van der Waals surface area contributed by atoms with Gasteiger partial charge in [0.15, 0.2) is 0 Å². The van der Waals surface area contributed by atoms with E-state index < -0.39 is 0 Å². The summed E-state index contributed by atoms with van der Waals surface area (Å²) in [5, 5.41) is 9.84. The first-order valence-electron chi connectivity index (χ1n) is 8.51. The van der Waals surface area contributed by atoms with Crippen molar-refractivity contribution in [3.8, 4) is 0 Å². The molecule has 1 aliphatic rings. The molecule has 1 heterocycles. The molecule has 1 aromatic carbocycles. The van der Waals surface area contributed by atoms with Gasteiger partial charge in [-0.1, -0.05) is 31.5 Å². The summed E-state index contributed by atoms with van der Waals surface area (Å²) in [5.41, 5.74) is 0.576. The number of nitrogens with zero attached hydrogens (tertiary/aromatic N) is 2. The van der Waals surface area contributed by atoms with Crippen LogP contribution in [-0.2, 0) is 6.54 Å². The van der Waals surface area contributed by atoms with Crippen molar-refractivity contribution >= 4 is 11.6 Å². The largest absolute Gasteiger partial charge is 0.396 e. The molecule has 130 valence electrons. The van der Waals surface area contributed by atoms with E-state index in [9.17, 15) is 9.50 Å². The second kappa shape index (κ2) is 8.97. The van der Waals surface area contributed by atoms with Gasteiger partial charge in [-0.2, -0.15) is 0 Å². The normalized spacial score (nSPS) is 20.3. The molecule has 0 unspecified atom stereocenters. The van der Waals surface area contributed by atoms with E-state index in [1.807, 2.05) is 0 Å². The van der Waals surface area contributed by atoms with Crippen LogP contribution in [0, 0.1) is 11.7 Å². The van der Waals surface area contributed by atoms with Gasteiger partial charge in [0.1, 0.15) is 5.82 Å². The van der Waals surface area contributed by atoms with Gasteiger partial charge in [-0.15, -0.1) is 0 Å². The van der Waals surface area contributed by atoms with Crippen molar-refractivity contribution in [3.05, 3.63) is 34.6 Å². The summed E-state index contributed by atoms with van der Waals surface area (Å²) in [6.07, 6.45) is 1.93. The molecule has 1 N–H and O–H groups in total. The lowest BCUT2D eigenvalue weighted by Crippen LogP contribution is -2.53. The highest BCUT2D eigenvalue weighted by Gasteiger charge is 2.27. The minimum atomic E-state index is -0.238. The fourth-order valence-electron chi connectivity index (χ4n) is 3.15. The molecule has 0 spiro atoms. The van der Waals surface area contributed by atoms with Crippen molar-refractivity contribution < 1.29 is 9.50 Å². The third-order valence-corrected chi connectivity index (χ3v) is 4.94. The van der Waals surface area contributed by atoms with Crippen LogP contribution in [0.15, 0.2) is 18.2 Å². The quantitative estimate of drug-likeness (QED) is 0.822. The summed E-state index contributed by atoms with van der Waals surface area (Å²) in [6.45, 7) is 8.98. The second-order valence-electron chi connectivity index (χ2n) is 6.82. The summed E-state index contributed by atoms with van der Waals surface area (Å²) in [7, 11) is 0. The van der Waals surface area contributed by atoms with E-state index in [-0.39, 0.29) is 12.4 Å². The first-order valence-corrected chi connectivity index (χ1v) is 8.89. The molecule has 2 rings (SSSR count). The van der Waals surface area contributed by atoms with E-state index in [0.29, 0.717) is 29.1 Å². The molecule has 0 amide bonds. The summed E-state index contributed by atoms with van der Waals surface area (Å²) in [5.74, 6) is 0.443. The van der Waals surface area contributed by atoms with Crippen molar-refractivity contribution in [1.29, 1.82) is 0 Å². The van der Waals surface area contributed by atoms with Gasteiger partial charge >= 0.3 is 0 Å². The number of halogens is 2. The van der Waals surface area contributed by atoms with Gasteiger partial charge in [-0.25, -0.2) is 4.39 Å². The Morgan fingerprint density at radius 3 is 2.78 bits per heavy atom. The molecule has 23 heavy (non-hydrogen) atoms. The first kappa shape index (κ1) is 18.7. The fourth-order valence-corrected chi connectivity index (χ4v) is 3.37. The number of rotatable bonds is 7. The molecular weight excluding hydrogens is 315 g/mol. The molecule has 1 aliphatic heterocycles. The average molecular weight is 343 g/mol. The zero-order chi connectivity index (χ0) is 16.8. The summed E-state index contributed by atoms with van der Waals surface area (Å²) in [6, 6.07) is 5.17. The van der Waals surface area contributed by atoms with E-state index in [1.165, 1.54) is 12.5 Å². The lowest BCUT2D eigenvalue weighted by atomic mass is 10.0. The van der Waals surface area contributed by atoms with Crippen LogP contribution in [0.5, 0.6) is 0 Å². The minimum Gasteiger partial charge on any atom is -0.396 e. The summed E-state index contributed by atoms with van der Waals surface area (Å²) < 4.78 is 14.0. The van der Waals surface area contributed by atoms with Crippen LogP contribution in [0.25, 0.3) is 0 Å². The Hall–Kier alpha value is -0.680. The maximum atomic E-state index is 14.0. The van der Waals surface area contributed by atoms with E-state index in [0.717, 1.165) is 32.6 Å². The lowest BCUT2D eigenvalue weighted by molar-refractivity contribution is 0.0519. The molecular formula is C18H28ClFN2O. The number of aliphatic hydroxyl groups excluding tert-OH is 1. The highest BCUT2D eigenvalue weighted by molar-refractivity contribution is 6.31. The predicted molar refractivity (Wildman–Crippen MR) is 93.2 cm³/mol. The van der Waals surface area contributed by atoms with Gasteiger partial charge in [0.05, 0.1) is 0 Å². The fraction of sp³-hybridized carbons (Fsp3) is 0.667. The Bertz CT molecular complexity index is 478. The molecule has 5 heteroatoms. The molecule has 3 nitrogen and oxygen atoms in total. The average Bonchev–Trinajstić information content (AvgIpc) is 2.50. The summed E-state index contributed by atoms with van der Waals surface area (Å²) in [4.78, 5) is 4.71. The van der Waals surface area contributed by atoms with Crippen LogP contribution >= 0.6 is 11.6 Å². The van der Waals surface area contributed by atoms with Gasteiger partial charge in [-0.3, -0.25) is 9.80 Å². The van der Waals surface area contributed by atoms with E-state index in [1.54, 1.807) is 12.1 Å². The second-order valence-corrected chi connectivity index (χ2v) is 7.23. The Morgan fingerprint density at radius 1 is 1.35 bits per heavy atom. The van der Waals surface area contributed by atoms with Crippen molar-refractivity contribution in [1.82, 2.24) is 9.80 Å². The van der Waals surface area contributed by atoms with Crippen LogP contribution in [0.3, 0.4) is 0 Å².